The molecule has 1 unspecified atom stereocenters. The molecule has 1 aliphatic heterocycles. The number of hydrogen-bond acceptors (Lipinski definition) is 5. The van der Waals surface area contributed by atoms with Gasteiger partial charge < -0.3 is 15.0 Å². The van der Waals surface area contributed by atoms with Gasteiger partial charge in [-0.1, -0.05) is 59.6 Å². The van der Waals surface area contributed by atoms with Crippen molar-refractivity contribution in [2.75, 3.05) is 11.1 Å². The van der Waals surface area contributed by atoms with E-state index in [1.165, 1.54) is 17.3 Å². The van der Waals surface area contributed by atoms with E-state index in [9.17, 15) is 9.59 Å². The summed E-state index contributed by atoms with van der Waals surface area (Å²) in [6, 6.07) is 15.6. The fraction of sp³-hybridized carbons (Fsp3) is 0.208. The van der Waals surface area contributed by atoms with Crippen molar-refractivity contribution in [2.24, 2.45) is 0 Å². The minimum absolute atomic E-state index is 0.178. The first-order valence-corrected chi connectivity index (χ1v) is 10.8. The van der Waals surface area contributed by atoms with Crippen LogP contribution in [0.3, 0.4) is 0 Å². The number of carbonyl (C=O) groups excluding carboxylic acids is 1. The second kappa shape index (κ2) is 9.11. The van der Waals surface area contributed by atoms with E-state index in [0.29, 0.717) is 28.9 Å². The molecule has 1 atom stereocenters. The average Bonchev–Trinajstić information content (AvgIpc) is 2.76. The fourth-order valence-electron chi connectivity index (χ4n) is 3.58. The minimum Gasteiger partial charge on any atom is -0.489 e. The molecule has 6 nitrogen and oxygen atoms in total. The summed E-state index contributed by atoms with van der Waals surface area (Å²) in [5, 5.41) is 3.10. The molecule has 0 saturated heterocycles. The van der Waals surface area contributed by atoms with Crippen LogP contribution >= 0.6 is 11.8 Å². The van der Waals surface area contributed by atoms with E-state index < -0.39 is 0 Å². The number of carbonyl (C=O) groups is 1. The minimum atomic E-state index is -0.377. The second-order valence-corrected chi connectivity index (χ2v) is 8.24. The number of fused-ring (bicyclic) bond motifs is 1. The van der Waals surface area contributed by atoms with Gasteiger partial charge in [0, 0.05) is 12.3 Å². The van der Waals surface area contributed by atoms with Gasteiger partial charge in [-0.15, -0.1) is 6.42 Å². The molecule has 0 fully saturated rings. The van der Waals surface area contributed by atoms with Gasteiger partial charge in [-0.2, -0.15) is 0 Å². The monoisotopic (exact) mass is 431 g/mol. The average molecular weight is 432 g/mol. The number of hydrogen-bond donors (Lipinski definition) is 2. The molecule has 0 spiro atoms. The molecule has 0 radical (unpaired) electrons. The quantitative estimate of drug-likeness (QED) is 0.352. The number of benzene rings is 2. The van der Waals surface area contributed by atoms with Crippen LogP contribution < -0.4 is 15.6 Å². The van der Waals surface area contributed by atoms with Crippen molar-refractivity contribution in [3.63, 3.8) is 0 Å². The lowest BCUT2D eigenvalue weighted by molar-refractivity contribution is -0.116. The van der Waals surface area contributed by atoms with Crippen LogP contribution in [-0.4, -0.2) is 21.6 Å². The number of aryl methyl sites for hydroxylation is 1. The molecule has 156 valence electrons. The molecule has 1 aromatic heterocycles. The highest BCUT2D eigenvalue weighted by atomic mass is 32.2. The lowest BCUT2D eigenvalue weighted by atomic mass is 9.87. The number of aromatic amines is 1. The number of amides is 1. The van der Waals surface area contributed by atoms with E-state index in [1.807, 2.05) is 49.4 Å². The molecule has 7 heteroatoms. The molecule has 1 amide bonds. The first kappa shape index (κ1) is 20.8. The molecule has 1 aliphatic rings. The Hall–Kier alpha value is -3.50. The third-order valence-corrected chi connectivity index (χ3v) is 5.77. The van der Waals surface area contributed by atoms with Gasteiger partial charge in [-0.25, -0.2) is 4.98 Å². The Labute approximate surface area is 184 Å². The Morgan fingerprint density at radius 1 is 1.23 bits per heavy atom. The van der Waals surface area contributed by atoms with Crippen LogP contribution in [0.4, 0.5) is 5.82 Å². The van der Waals surface area contributed by atoms with Crippen molar-refractivity contribution in [3.05, 3.63) is 81.1 Å². The SMILES string of the molecule is C#CCSc1nc2c(c(=O)[nH]1)C(c1ccc(OCc3cccc(C)c3)cc1)CC(=O)N2. The summed E-state index contributed by atoms with van der Waals surface area (Å²) in [5.74, 6) is 3.33. The van der Waals surface area contributed by atoms with Crippen LogP contribution in [0.2, 0.25) is 0 Å². The first-order valence-electron chi connectivity index (χ1n) is 9.82. The van der Waals surface area contributed by atoms with Gasteiger partial charge in [0.2, 0.25) is 5.91 Å². The van der Waals surface area contributed by atoms with E-state index >= 15 is 0 Å². The van der Waals surface area contributed by atoms with Gasteiger partial charge in [0.1, 0.15) is 18.2 Å². The Kier molecular flexibility index (Phi) is 6.10. The van der Waals surface area contributed by atoms with Gasteiger partial charge >= 0.3 is 0 Å². The Balaban J connectivity index is 1.55. The van der Waals surface area contributed by atoms with E-state index in [0.717, 1.165) is 16.9 Å². The van der Waals surface area contributed by atoms with Crippen molar-refractivity contribution >= 4 is 23.5 Å². The summed E-state index contributed by atoms with van der Waals surface area (Å²) >= 11 is 1.24. The number of nitrogens with one attached hydrogen (secondary N) is 2. The van der Waals surface area contributed by atoms with Crippen LogP contribution in [0.25, 0.3) is 0 Å². The van der Waals surface area contributed by atoms with Gasteiger partial charge in [0.25, 0.3) is 5.56 Å². The summed E-state index contributed by atoms with van der Waals surface area (Å²) in [6.07, 6.45) is 5.45. The number of H-pyrrole nitrogens is 1. The van der Waals surface area contributed by atoms with Gasteiger partial charge in [-0.3, -0.25) is 9.59 Å². The summed E-state index contributed by atoms with van der Waals surface area (Å²) in [4.78, 5) is 32.2. The molecule has 2 N–H and O–H groups in total. The highest BCUT2D eigenvalue weighted by molar-refractivity contribution is 7.99. The molecular weight excluding hydrogens is 410 g/mol. The molecule has 4 rings (SSSR count). The Bertz CT molecular complexity index is 1210. The fourth-order valence-corrected chi connectivity index (χ4v) is 4.12. The molecule has 2 heterocycles. The van der Waals surface area contributed by atoms with Crippen LogP contribution in [0.15, 0.2) is 58.5 Å². The molecular formula is C24H21N3O3S. The van der Waals surface area contributed by atoms with Crippen LogP contribution in [0.5, 0.6) is 5.75 Å². The maximum atomic E-state index is 12.8. The maximum absolute atomic E-state index is 12.8. The zero-order valence-electron chi connectivity index (χ0n) is 17.0. The van der Waals surface area contributed by atoms with Crippen molar-refractivity contribution in [3.8, 4) is 18.1 Å². The number of terminal acetylenes is 1. The number of ether oxygens (including phenoxy) is 1. The Morgan fingerprint density at radius 2 is 2.03 bits per heavy atom. The van der Waals surface area contributed by atoms with Crippen molar-refractivity contribution in [2.45, 2.75) is 31.0 Å². The van der Waals surface area contributed by atoms with E-state index in [4.69, 9.17) is 11.2 Å². The largest absolute Gasteiger partial charge is 0.489 e. The van der Waals surface area contributed by atoms with Crippen LogP contribution in [0.1, 0.15) is 34.6 Å². The zero-order valence-corrected chi connectivity index (χ0v) is 17.8. The summed E-state index contributed by atoms with van der Waals surface area (Å²) < 4.78 is 5.88. The zero-order chi connectivity index (χ0) is 21.8. The number of thioether (sulfide) groups is 1. The standard InChI is InChI=1S/C24H21N3O3S/c1-3-11-31-24-26-22-21(23(29)27-24)19(13-20(28)25-22)17-7-9-18(10-8-17)30-14-16-6-4-5-15(2)12-16/h1,4-10,12,19H,11,13-14H2,2H3,(H2,25,26,27,28,29). The predicted octanol–water partition coefficient (Wildman–Crippen LogP) is 3.86. The molecule has 0 bridgehead atoms. The van der Waals surface area contributed by atoms with Crippen LogP contribution in [0, 0.1) is 19.3 Å². The molecule has 3 aromatic rings. The van der Waals surface area contributed by atoms with Gasteiger partial charge in [-0.05, 0) is 30.2 Å². The predicted molar refractivity (Wildman–Crippen MR) is 121 cm³/mol. The van der Waals surface area contributed by atoms with Crippen molar-refractivity contribution in [1.29, 1.82) is 0 Å². The summed E-state index contributed by atoms with van der Waals surface area (Å²) in [5.41, 5.74) is 3.33. The number of anilines is 1. The third-order valence-electron chi connectivity index (χ3n) is 4.99. The number of aromatic nitrogens is 2. The normalized spacial score (nSPS) is 15.0. The van der Waals surface area contributed by atoms with Crippen molar-refractivity contribution in [1.82, 2.24) is 9.97 Å². The molecule has 2 aromatic carbocycles. The van der Waals surface area contributed by atoms with Crippen molar-refractivity contribution < 1.29 is 9.53 Å². The lowest BCUT2D eigenvalue weighted by Gasteiger charge is -2.24. The van der Waals surface area contributed by atoms with E-state index in [2.05, 4.69) is 27.3 Å². The number of rotatable bonds is 6. The van der Waals surface area contributed by atoms with E-state index in [-0.39, 0.29) is 23.8 Å². The number of nitrogens with zero attached hydrogens (tertiary/aromatic N) is 1. The Morgan fingerprint density at radius 3 is 2.77 bits per heavy atom. The molecule has 31 heavy (non-hydrogen) atoms. The molecule has 0 aliphatic carbocycles. The lowest BCUT2D eigenvalue weighted by Crippen LogP contribution is -2.31. The van der Waals surface area contributed by atoms with Gasteiger partial charge in [0.05, 0.1) is 11.3 Å². The first-order chi connectivity index (χ1) is 15.0. The maximum Gasteiger partial charge on any atom is 0.257 e. The molecule has 0 saturated carbocycles. The highest BCUT2D eigenvalue weighted by Gasteiger charge is 2.30. The summed E-state index contributed by atoms with van der Waals surface area (Å²) in [7, 11) is 0. The highest BCUT2D eigenvalue weighted by Crippen LogP contribution is 2.35. The third kappa shape index (κ3) is 4.81. The second-order valence-electron chi connectivity index (χ2n) is 7.28. The smallest absolute Gasteiger partial charge is 0.257 e. The summed E-state index contributed by atoms with van der Waals surface area (Å²) in [6.45, 7) is 2.52. The van der Waals surface area contributed by atoms with Gasteiger partial charge in [0.15, 0.2) is 5.16 Å². The topological polar surface area (TPSA) is 84.1 Å². The van der Waals surface area contributed by atoms with E-state index in [1.54, 1.807) is 0 Å². The van der Waals surface area contributed by atoms with Crippen LogP contribution in [-0.2, 0) is 11.4 Å².